The first kappa shape index (κ1) is 9.73. The lowest BCUT2D eigenvalue weighted by Crippen LogP contribution is -2.21. The zero-order valence-corrected chi connectivity index (χ0v) is 7.53. The van der Waals surface area contributed by atoms with Gasteiger partial charge >= 0.3 is 5.97 Å². The average Bonchev–Trinajstić information content (AvgIpc) is 2.53. The van der Waals surface area contributed by atoms with Crippen molar-refractivity contribution in [2.75, 3.05) is 13.6 Å². The van der Waals surface area contributed by atoms with Crippen molar-refractivity contribution in [2.45, 2.75) is 13.0 Å². The predicted octanol–water partition coefficient (Wildman–Crippen LogP) is 0.316. The summed E-state index contributed by atoms with van der Waals surface area (Å²) in [6.07, 6.45) is 3.52. The second kappa shape index (κ2) is 4.61. The Morgan fingerprint density at radius 2 is 2.54 bits per heavy atom. The number of aromatic nitrogens is 2. The summed E-state index contributed by atoms with van der Waals surface area (Å²) in [6, 6.07) is 0. The summed E-state index contributed by atoms with van der Waals surface area (Å²) in [6.45, 7) is 1.25. The molecular weight excluding hydrogens is 170 g/mol. The summed E-state index contributed by atoms with van der Waals surface area (Å²) >= 11 is 0. The molecule has 1 aromatic rings. The van der Waals surface area contributed by atoms with Crippen LogP contribution in [0.3, 0.4) is 0 Å². The zero-order valence-electron chi connectivity index (χ0n) is 7.53. The third-order valence-electron chi connectivity index (χ3n) is 1.70. The first-order chi connectivity index (χ1) is 6.18. The van der Waals surface area contributed by atoms with Crippen LogP contribution in [0.5, 0.6) is 0 Å². The van der Waals surface area contributed by atoms with Crippen molar-refractivity contribution in [3.05, 3.63) is 18.2 Å². The van der Waals surface area contributed by atoms with Crippen LogP contribution >= 0.6 is 0 Å². The van der Waals surface area contributed by atoms with Crippen LogP contribution in [0.15, 0.2) is 12.5 Å². The quantitative estimate of drug-likeness (QED) is 0.689. The number of hydrogen-bond donors (Lipinski definition) is 2. The van der Waals surface area contributed by atoms with Crippen LogP contribution in [-0.4, -0.2) is 39.5 Å². The number of carboxylic acids is 1. The highest BCUT2D eigenvalue weighted by Gasteiger charge is 2.03. The molecule has 1 rings (SSSR count). The van der Waals surface area contributed by atoms with Gasteiger partial charge in [-0.3, -0.25) is 9.69 Å². The second-order valence-corrected chi connectivity index (χ2v) is 2.96. The molecule has 1 aromatic heterocycles. The molecule has 0 bridgehead atoms. The smallest absolute Gasteiger partial charge is 0.304 e. The summed E-state index contributed by atoms with van der Waals surface area (Å²) < 4.78 is 0. The molecule has 0 saturated heterocycles. The molecule has 5 nitrogen and oxygen atoms in total. The first-order valence-corrected chi connectivity index (χ1v) is 4.06. The van der Waals surface area contributed by atoms with Gasteiger partial charge in [-0.1, -0.05) is 0 Å². The summed E-state index contributed by atoms with van der Waals surface area (Å²) in [4.78, 5) is 19.0. The van der Waals surface area contributed by atoms with E-state index < -0.39 is 5.97 Å². The highest BCUT2D eigenvalue weighted by atomic mass is 16.4. The molecule has 0 aliphatic heterocycles. The zero-order chi connectivity index (χ0) is 9.68. The van der Waals surface area contributed by atoms with Gasteiger partial charge in [-0.05, 0) is 7.05 Å². The van der Waals surface area contributed by atoms with Crippen LogP contribution in [0, 0.1) is 0 Å². The van der Waals surface area contributed by atoms with Crippen LogP contribution in [0.1, 0.15) is 12.1 Å². The lowest BCUT2D eigenvalue weighted by Gasteiger charge is -2.13. The van der Waals surface area contributed by atoms with Gasteiger partial charge in [0.2, 0.25) is 0 Å². The van der Waals surface area contributed by atoms with Crippen LogP contribution < -0.4 is 0 Å². The number of hydrogen-bond acceptors (Lipinski definition) is 3. The van der Waals surface area contributed by atoms with Crippen molar-refractivity contribution < 1.29 is 9.90 Å². The number of nitrogens with zero attached hydrogens (tertiary/aromatic N) is 2. The molecule has 2 N–H and O–H groups in total. The molecule has 0 atom stereocenters. The van der Waals surface area contributed by atoms with Gasteiger partial charge in [0.05, 0.1) is 12.7 Å². The number of imidazole rings is 1. The fourth-order valence-electron chi connectivity index (χ4n) is 1.03. The Kier molecular flexibility index (Phi) is 3.45. The lowest BCUT2D eigenvalue weighted by molar-refractivity contribution is -0.137. The highest BCUT2D eigenvalue weighted by Crippen LogP contribution is 1.97. The number of rotatable bonds is 5. The van der Waals surface area contributed by atoms with Crippen molar-refractivity contribution >= 4 is 5.97 Å². The number of aliphatic carboxylic acids is 1. The molecular formula is C8H13N3O2. The summed E-state index contributed by atoms with van der Waals surface area (Å²) in [5, 5.41) is 8.44. The normalized spacial score (nSPS) is 10.6. The van der Waals surface area contributed by atoms with Crippen LogP contribution in [-0.2, 0) is 11.3 Å². The van der Waals surface area contributed by atoms with E-state index in [0.29, 0.717) is 13.1 Å². The Bertz CT molecular complexity index is 258. The van der Waals surface area contributed by atoms with E-state index in [2.05, 4.69) is 9.97 Å². The monoisotopic (exact) mass is 183 g/mol. The van der Waals surface area contributed by atoms with Gasteiger partial charge in [-0.15, -0.1) is 0 Å². The third-order valence-corrected chi connectivity index (χ3v) is 1.70. The topological polar surface area (TPSA) is 69.2 Å². The second-order valence-electron chi connectivity index (χ2n) is 2.96. The van der Waals surface area contributed by atoms with E-state index in [4.69, 9.17) is 5.11 Å². The summed E-state index contributed by atoms with van der Waals surface area (Å²) in [5.74, 6) is -0.767. The lowest BCUT2D eigenvalue weighted by atomic mass is 10.3. The molecule has 0 aliphatic carbocycles. The maximum Gasteiger partial charge on any atom is 0.304 e. The summed E-state index contributed by atoms with van der Waals surface area (Å²) in [7, 11) is 1.88. The fraction of sp³-hybridized carbons (Fsp3) is 0.500. The van der Waals surface area contributed by atoms with Crippen molar-refractivity contribution in [2.24, 2.45) is 0 Å². The van der Waals surface area contributed by atoms with Crippen molar-refractivity contribution in [1.82, 2.24) is 14.9 Å². The van der Waals surface area contributed by atoms with E-state index in [-0.39, 0.29) is 6.42 Å². The molecule has 0 spiro atoms. The Morgan fingerprint density at radius 1 is 1.77 bits per heavy atom. The SMILES string of the molecule is CN(CCC(=O)O)Cc1cnc[nH]1. The number of H-pyrrole nitrogens is 1. The minimum Gasteiger partial charge on any atom is -0.481 e. The molecule has 0 radical (unpaired) electrons. The van der Waals surface area contributed by atoms with Crippen LogP contribution in [0.25, 0.3) is 0 Å². The van der Waals surface area contributed by atoms with Gasteiger partial charge in [0.15, 0.2) is 0 Å². The molecule has 0 aromatic carbocycles. The third kappa shape index (κ3) is 3.71. The van der Waals surface area contributed by atoms with E-state index in [1.165, 1.54) is 0 Å². The number of carboxylic acid groups (broad SMARTS) is 1. The number of carbonyl (C=O) groups is 1. The molecule has 0 fully saturated rings. The largest absolute Gasteiger partial charge is 0.481 e. The van der Waals surface area contributed by atoms with Crippen molar-refractivity contribution in [3.8, 4) is 0 Å². The van der Waals surface area contributed by atoms with Gasteiger partial charge in [-0.2, -0.15) is 0 Å². The van der Waals surface area contributed by atoms with Gasteiger partial charge < -0.3 is 10.1 Å². The number of nitrogens with one attached hydrogen (secondary N) is 1. The predicted molar refractivity (Wildman–Crippen MR) is 47.2 cm³/mol. The van der Waals surface area contributed by atoms with Crippen molar-refractivity contribution in [3.63, 3.8) is 0 Å². The van der Waals surface area contributed by atoms with E-state index >= 15 is 0 Å². The summed E-state index contributed by atoms with van der Waals surface area (Å²) in [5.41, 5.74) is 0.993. The molecule has 5 heteroatoms. The molecule has 72 valence electrons. The van der Waals surface area contributed by atoms with Crippen molar-refractivity contribution in [1.29, 1.82) is 0 Å². The number of aromatic amines is 1. The van der Waals surface area contributed by atoms with Crippen LogP contribution in [0.4, 0.5) is 0 Å². The van der Waals surface area contributed by atoms with Gasteiger partial charge in [-0.25, -0.2) is 4.98 Å². The standard InChI is InChI=1S/C8H13N3O2/c1-11(3-2-8(12)13)5-7-4-9-6-10-7/h4,6H,2-3,5H2,1H3,(H,9,10)(H,12,13). The highest BCUT2D eigenvalue weighted by molar-refractivity contribution is 5.66. The van der Waals surface area contributed by atoms with E-state index in [0.717, 1.165) is 5.69 Å². The molecule has 13 heavy (non-hydrogen) atoms. The molecule has 0 aliphatic rings. The minimum atomic E-state index is -0.767. The Hall–Kier alpha value is -1.36. The maximum absolute atomic E-state index is 10.3. The molecule has 0 amide bonds. The van der Waals surface area contributed by atoms with E-state index in [1.54, 1.807) is 12.5 Å². The maximum atomic E-state index is 10.3. The van der Waals surface area contributed by atoms with Gasteiger partial charge in [0.1, 0.15) is 0 Å². The molecule has 0 saturated carbocycles. The fourth-order valence-corrected chi connectivity index (χ4v) is 1.03. The Labute approximate surface area is 76.4 Å². The Morgan fingerprint density at radius 3 is 3.08 bits per heavy atom. The molecule has 0 unspecified atom stereocenters. The van der Waals surface area contributed by atoms with Gasteiger partial charge in [0, 0.05) is 25.0 Å². The van der Waals surface area contributed by atoms with E-state index in [1.807, 2.05) is 11.9 Å². The Balaban J connectivity index is 2.25. The van der Waals surface area contributed by atoms with Gasteiger partial charge in [0.25, 0.3) is 0 Å². The molecule has 1 heterocycles. The minimum absolute atomic E-state index is 0.171. The first-order valence-electron chi connectivity index (χ1n) is 4.06. The van der Waals surface area contributed by atoms with E-state index in [9.17, 15) is 4.79 Å². The van der Waals surface area contributed by atoms with Crippen LogP contribution in [0.2, 0.25) is 0 Å². The average molecular weight is 183 g/mol.